The number of carboxylic acids is 1. The molecule has 9 heteroatoms. The van der Waals surface area contributed by atoms with Crippen molar-refractivity contribution in [3.8, 4) is 11.1 Å². The van der Waals surface area contributed by atoms with Crippen LogP contribution in [-0.2, 0) is 28.7 Å². The van der Waals surface area contributed by atoms with Crippen LogP contribution < -0.4 is 0 Å². The van der Waals surface area contributed by atoms with Crippen molar-refractivity contribution in [2.24, 2.45) is 5.92 Å². The van der Waals surface area contributed by atoms with E-state index in [4.69, 9.17) is 16.7 Å². The highest BCUT2D eigenvalue weighted by molar-refractivity contribution is 6.32. The average Bonchev–Trinajstić information content (AvgIpc) is 3.51. The molecule has 0 spiro atoms. The van der Waals surface area contributed by atoms with Gasteiger partial charge in [0.15, 0.2) is 0 Å². The molecule has 160 valence electrons. The van der Waals surface area contributed by atoms with E-state index in [2.05, 4.69) is 4.98 Å². The van der Waals surface area contributed by atoms with Gasteiger partial charge in [0.1, 0.15) is 5.15 Å². The van der Waals surface area contributed by atoms with Crippen LogP contribution in [0.15, 0.2) is 30.5 Å². The van der Waals surface area contributed by atoms with Crippen LogP contribution in [-0.4, -0.2) is 33.4 Å². The molecule has 2 aromatic rings. The second-order valence-corrected chi connectivity index (χ2v) is 7.61. The number of amides is 1. The quantitative estimate of drug-likeness (QED) is 0.627. The summed E-state index contributed by atoms with van der Waals surface area (Å²) in [6, 6.07) is 4.76. The average molecular weight is 441 g/mol. The van der Waals surface area contributed by atoms with E-state index in [1.807, 2.05) is 0 Å². The fourth-order valence-corrected chi connectivity index (χ4v) is 3.46. The summed E-state index contributed by atoms with van der Waals surface area (Å²) in [6.45, 7) is 2.12. The molecule has 0 atom stereocenters. The second kappa shape index (κ2) is 8.63. The minimum absolute atomic E-state index is 0.00935. The van der Waals surface area contributed by atoms with Gasteiger partial charge in [0.05, 0.1) is 12.0 Å². The standard InChI is InChI=1S/C21H20ClF3N2O3/c1-2-27(20(30)13-3-4-13)11-14-9-15(21(23,24)25)5-6-16(14)17-7-12(8-18(28)29)10-26-19(17)22/h5-7,9-10,13H,2-4,8,11H2,1H3,(H,28,29). The number of nitrogens with zero attached hydrogens (tertiary/aromatic N) is 2. The molecular weight excluding hydrogens is 421 g/mol. The Kier molecular flexibility index (Phi) is 6.36. The molecule has 0 bridgehead atoms. The third-order valence-corrected chi connectivity index (χ3v) is 5.26. The molecule has 1 N–H and O–H groups in total. The number of pyridine rings is 1. The zero-order chi connectivity index (χ0) is 22.1. The van der Waals surface area contributed by atoms with E-state index in [-0.39, 0.29) is 35.5 Å². The molecule has 0 aliphatic heterocycles. The summed E-state index contributed by atoms with van der Waals surface area (Å²) in [4.78, 5) is 29.1. The first-order chi connectivity index (χ1) is 14.1. The molecule has 1 aromatic heterocycles. The third-order valence-electron chi connectivity index (χ3n) is 4.95. The Balaban J connectivity index is 2.07. The van der Waals surface area contributed by atoms with E-state index in [1.54, 1.807) is 6.92 Å². The first-order valence-electron chi connectivity index (χ1n) is 9.45. The number of carboxylic acid groups (broad SMARTS) is 1. The van der Waals surface area contributed by atoms with Gasteiger partial charge in [-0.25, -0.2) is 4.98 Å². The van der Waals surface area contributed by atoms with Gasteiger partial charge in [-0.3, -0.25) is 9.59 Å². The van der Waals surface area contributed by atoms with E-state index in [0.717, 1.165) is 25.0 Å². The molecule has 1 aliphatic carbocycles. The molecule has 3 rings (SSSR count). The highest BCUT2D eigenvalue weighted by Gasteiger charge is 2.34. The van der Waals surface area contributed by atoms with Gasteiger partial charge in [0.2, 0.25) is 5.91 Å². The van der Waals surface area contributed by atoms with E-state index in [9.17, 15) is 22.8 Å². The summed E-state index contributed by atoms with van der Waals surface area (Å²) in [5.41, 5.74) is 0.525. The van der Waals surface area contributed by atoms with Crippen LogP contribution in [0.25, 0.3) is 11.1 Å². The van der Waals surface area contributed by atoms with Crippen molar-refractivity contribution < 1.29 is 27.9 Å². The van der Waals surface area contributed by atoms with Gasteiger partial charge in [-0.05, 0) is 54.7 Å². The summed E-state index contributed by atoms with van der Waals surface area (Å²) in [6.07, 6.45) is -1.94. The molecule has 30 heavy (non-hydrogen) atoms. The van der Waals surface area contributed by atoms with Gasteiger partial charge in [0.25, 0.3) is 0 Å². The van der Waals surface area contributed by atoms with Crippen molar-refractivity contribution in [1.29, 1.82) is 0 Å². The van der Waals surface area contributed by atoms with Crippen LogP contribution in [0.3, 0.4) is 0 Å². The summed E-state index contributed by atoms with van der Waals surface area (Å²) in [5, 5.41) is 9.06. The lowest BCUT2D eigenvalue weighted by Crippen LogP contribution is -2.31. The van der Waals surface area contributed by atoms with Gasteiger partial charge in [0, 0.05) is 30.8 Å². The van der Waals surface area contributed by atoms with Crippen molar-refractivity contribution in [1.82, 2.24) is 9.88 Å². The van der Waals surface area contributed by atoms with Gasteiger partial charge < -0.3 is 10.0 Å². The summed E-state index contributed by atoms with van der Waals surface area (Å²) in [5.74, 6) is -1.21. The van der Waals surface area contributed by atoms with Crippen molar-refractivity contribution >= 4 is 23.5 Å². The van der Waals surface area contributed by atoms with Gasteiger partial charge in [-0.1, -0.05) is 17.7 Å². The van der Waals surface area contributed by atoms with Crippen LogP contribution in [0.4, 0.5) is 13.2 Å². The summed E-state index contributed by atoms with van der Waals surface area (Å²) in [7, 11) is 0. The molecule has 1 heterocycles. The van der Waals surface area contributed by atoms with Crippen molar-refractivity contribution in [2.75, 3.05) is 6.54 Å². The van der Waals surface area contributed by atoms with Crippen molar-refractivity contribution in [3.05, 3.63) is 52.3 Å². The van der Waals surface area contributed by atoms with Crippen LogP contribution in [0.1, 0.15) is 36.5 Å². The lowest BCUT2D eigenvalue weighted by Gasteiger charge is -2.24. The van der Waals surface area contributed by atoms with Gasteiger partial charge in [-0.15, -0.1) is 0 Å². The monoisotopic (exact) mass is 440 g/mol. The fraction of sp³-hybridized carbons (Fsp3) is 0.381. The van der Waals surface area contributed by atoms with E-state index < -0.39 is 17.7 Å². The van der Waals surface area contributed by atoms with Gasteiger partial charge in [-0.2, -0.15) is 13.2 Å². The lowest BCUT2D eigenvalue weighted by molar-refractivity contribution is -0.138. The van der Waals surface area contributed by atoms with Crippen LogP contribution in [0.5, 0.6) is 0 Å². The largest absolute Gasteiger partial charge is 0.481 e. The number of rotatable bonds is 7. The van der Waals surface area contributed by atoms with Crippen molar-refractivity contribution in [2.45, 2.75) is 38.9 Å². The fourth-order valence-electron chi connectivity index (χ4n) is 3.25. The molecule has 0 radical (unpaired) electrons. The predicted molar refractivity (Wildman–Crippen MR) is 105 cm³/mol. The molecule has 0 saturated heterocycles. The highest BCUT2D eigenvalue weighted by atomic mass is 35.5. The second-order valence-electron chi connectivity index (χ2n) is 7.25. The number of hydrogen-bond donors (Lipinski definition) is 1. The van der Waals surface area contributed by atoms with Crippen molar-refractivity contribution in [3.63, 3.8) is 0 Å². The molecule has 1 aliphatic rings. The summed E-state index contributed by atoms with van der Waals surface area (Å²) >= 11 is 6.20. The molecule has 1 aromatic carbocycles. The number of carbonyl (C=O) groups excluding carboxylic acids is 1. The first-order valence-corrected chi connectivity index (χ1v) is 9.83. The zero-order valence-electron chi connectivity index (χ0n) is 16.2. The normalized spacial score (nSPS) is 13.9. The SMILES string of the molecule is CCN(Cc1cc(C(F)(F)F)ccc1-c1cc(CC(=O)O)cnc1Cl)C(=O)C1CC1. The zero-order valence-corrected chi connectivity index (χ0v) is 16.9. The van der Waals surface area contributed by atoms with E-state index in [0.29, 0.717) is 23.2 Å². The Morgan fingerprint density at radius 3 is 2.50 bits per heavy atom. The smallest absolute Gasteiger partial charge is 0.416 e. The van der Waals surface area contributed by atoms with E-state index in [1.165, 1.54) is 23.2 Å². The molecule has 1 amide bonds. The molecular formula is C21H20ClF3N2O3. The Morgan fingerprint density at radius 2 is 1.93 bits per heavy atom. The number of aromatic nitrogens is 1. The Bertz CT molecular complexity index is 974. The van der Waals surface area contributed by atoms with Crippen LogP contribution >= 0.6 is 11.6 Å². The Morgan fingerprint density at radius 1 is 1.23 bits per heavy atom. The van der Waals surface area contributed by atoms with E-state index >= 15 is 0 Å². The number of carbonyl (C=O) groups is 2. The maximum absolute atomic E-state index is 13.3. The number of alkyl halides is 3. The molecule has 5 nitrogen and oxygen atoms in total. The third kappa shape index (κ3) is 5.11. The number of hydrogen-bond acceptors (Lipinski definition) is 3. The Labute approximate surface area is 176 Å². The van der Waals surface area contributed by atoms with Gasteiger partial charge >= 0.3 is 12.1 Å². The lowest BCUT2D eigenvalue weighted by atomic mass is 9.96. The minimum Gasteiger partial charge on any atom is -0.481 e. The molecule has 1 fully saturated rings. The predicted octanol–water partition coefficient (Wildman–Crippen LogP) is 4.81. The first kappa shape index (κ1) is 22.1. The number of aliphatic carboxylic acids is 1. The minimum atomic E-state index is -4.54. The maximum atomic E-state index is 13.3. The van der Waals surface area contributed by atoms with Crippen LogP contribution in [0, 0.1) is 5.92 Å². The topological polar surface area (TPSA) is 70.5 Å². The highest BCUT2D eigenvalue weighted by Crippen LogP contribution is 2.37. The Hall–Kier alpha value is -2.61. The maximum Gasteiger partial charge on any atom is 0.416 e. The summed E-state index contributed by atoms with van der Waals surface area (Å²) < 4.78 is 40.0. The molecule has 1 saturated carbocycles. The number of benzene rings is 1. The van der Waals surface area contributed by atoms with Crippen LogP contribution in [0.2, 0.25) is 5.15 Å². The number of halogens is 4. The molecule has 0 unspecified atom stereocenters.